The molecule has 1 aliphatic heterocycles. The van der Waals surface area contributed by atoms with Crippen molar-refractivity contribution >= 4 is 5.69 Å². The number of benzene rings is 1. The lowest BCUT2D eigenvalue weighted by atomic mass is 10.1. The maximum atomic E-state index is 9.39. The molecule has 1 atom stereocenters. The number of aromatic nitrogens is 2. The minimum Gasteiger partial charge on any atom is -0.490 e. The molecule has 18 heavy (non-hydrogen) atoms. The van der Waals surface area contributed by atoms with Crippen molar-refractivity contribution in [2.24, 2.45) is 0 Å². The Kier molecular flexibility index (Phi) is 2.61. The van der Waals surface area contributed by atoms with Crippen molar-refractivity contribution < 1.29 is 4.74 Å². The third-order valence-electron chi connectivity index (χ3n) is 3.00. The average molecular weight is 240 g/mol. The maximum Gasteiger partial charge on any atom is 0.161 e. The predicted molar refractivity (Wildman–Crippen MR) is 66.2 cm³/mol. The number of ether oxygens (including phenoxy) is 1. The first-order valence-corrected chi connectivity index (χ1v) is 5.77. The van der Waals surface area contributed by atoms with Crippen molar-refractivity contribution in [3.63, 3.8) is 0 Å². The van der Waals surface area contributed by atoms with E-state index in [0.717, 1.165) is 17.1 Å². The van der Waals surface area contributed by atoms with Crippen LogP contribution in [-0.2, 0) is 0 Å². The molecule has 90 valence electrons. The van der Waals surface area contributed by atoms with Crippen LogP contribution < -0.4 is 9.64 Å². The first kappa shape index (κ1) is 10.7. The summed E-state index contributed by atoms with van der Waals surface area (Å²) in [5.41, 5.74) is 1.67. The Balaban J connectivity index is 2.01. The van der Waals surface area contributed by atoms with Crippen LogP contribution in [0.4, 0.5) is 5.69 Å². The topological polar surface area (TPSA) is 64.9 Å². The highest BCUT2D eigenvalue weighted by molar-refractivity contribution is 5.61. The van der Waals surface area contributed by atoms with Gasteiger partial charge < -0.3 is 14.6 Å². The standard InChI is InChI=1S/C13H12N4O/c14-7-12(10-8-15-9-16-10)17-5-6-18-13-4-2-1-3-11(13)17/h1-4,8-9,12H,5-6H2,(H,15,16). The van der Waals surface area contributed by atoms with Crippen LogP contribution in [0.25, 0.3) is 0 Å². The largest absolute Gasteiger partial charge is 0.490 e. The van der Waals surface area contributed by atoms with Gasteiger partial charge in [-0.3, -0.25) is 0 Å². The Morgan fingerprint density at radius 1 is 1.44 bits per heavy atom. The first-order chi connectivity index (χ1) is 8.90. The maximum absolute atomic E-state index is 9.39. The van der Waals surface area contributed by atoms with E-state index in [2.05, 4.69) is 16.0 Å². The van der Waals surface area contributed by atoms with Crippen molar-refractivity contribution in [1.82, 2.24) is 9.97 Å². The van der Waals surface area contributed by atoms with Gasteiger partial charge in [0.1, 0.15) is 12.4 Å². The fraction of sp³-hybridized carbons (Fsp3) is 0.231. The molecule has 5 heteroatoms. The highest BCUT2D eigenvalue weighted by Crippen LogP contribution is 2.35. The van der Waals surface area contributed by atoms with Gasteiger partial charge in [0, 0.05) is 6.20 Å². The molecular formula is C13H12N4O. The highest BCUT2D eigenvalue weighted by atomic mass is 16.5. The number of hydrogen-bond donors (Lipinski definition) is 1. The SMILES string of the molecule is N#CC(c1c[nH]cn1)N1CCOc2ccccc21. The number of fused-ring (bicyclic) bond motifs is 1. The van der Waals surface area contributed by atoms with Crippen molar-refractivity contribution in [3.8, 4) is 11.8 Å². The molecule has 0 amide bonds. The van der Waals surface area contributed by atoms with Gasteiger partial charge in [0.05, 0.1) is 30.3 Å². The van der Waals surface area contributed by atoms with E-state index in [-0.39, 0.29) is 6.04 Å². The van der Waals surface area contributed by atoms with Crippen molar-refractivity contribution in [1.29, 1.82) is 5.26 Å². The van der Waals surface area contributed by atoms with Gasteiger partial charge in [0.15, 0.2) is 6.04 Å². The van der Waals surface area contributed by atoms with E-state index in [4.69, 9.17) is 4.74 Å². The van der Waals surface area contributed by atoms with Gasteiger partial charge in [-0.15, -0.1) is 0 Å². The monoisotopic (exact) mass is 240 g/mol. The second-order valence-electron chi connectivity index (χ2n) is 4.04. The summed E-state index contributed by atoms with van der Waals surface area (Å²) >= 11 is 0. The summed E-state index contributed by atoms with van der Waals surface area (Å²) in [5, 5.41) is 9.39. The van der Waals surface area contributed by atoms with Crippen LogP contribution >= 0.6 is 0 Å². The summed E-state index contributed by atoms with van der Waals surface area (Å²) in [6.45, 7) is 1.27. The van der Waals surface area contributed by atoms with E-state index in [0.29, 0.717) is 13.2 Å². The number of H-pyrrole nitrogens is 1. The summed E-state index contributed by atoms with van der Waals surface area (Å²) in [4.78, 5) is 9.09. The van der Waals surface area contributed by atoms with Gasteiger partial charge in [0.25, 0.3) is 0 Å². The Morgan fingerprint density at radius 3 is 3.11 bits per heavy atom. The van der Waals surface area contributed by atoms with E-state index in [9.17, 15) is 5.26 Å². The third-order valence-corrected chi connectivity index (χ3v) is 3.00. The Morgan fingerprint density at radius 2 is 2.33 bits per heavy atom. The minimum atomic E-state index is -0.388. The molecule has 0 bridgehead atoms. The van der Waals surface area contributed by atoms with E-state index in [1.807, 2.05) is 29.2 Å². The fourth-order valence-corrected chi connectivity index (χ4v) is 2.18. The van der Waals surface area contributed by atoms with Gasteiger partial charge in [-0.05, 0) is 12.1 Å². The molecule has 1 aromatic carbocycles. The molecule has 0 saturated heterocycles. The fourth-order valence-electron chi connectivity index (χ4n) is 2.18. The normalized spacial score (nSPS) is 15.4. The Labute approximate surface area is 105 Å². The van der Waals surface area contributed by atoms with Crippen LogP contribution in [0.1, 0.15) is 11.7 Å². The van der Waals surface area contributed by atoms with Crippen molar-refractivity contribution in [2.75, 3.05) is 18.1 Å². The van der Waals surface area contributed by atoms with Gasteiger partial charge in [-0.25, -0.2) is 4.98 Å². The van der Waals surface area contributed by atoms with Gasteiger partial charge >= 0.3 is 0 Å². The average Bonchev–Trinajstić information content (AvgIpc) is 2.94. The lowest BCUT2D eigenvalue weighted by molar-refractivity contribution is 0.304. The first-order valence-electron chi connectivity index (χ1n) is 5.77. The second kappa shape index (κ2) is 4.41. The number of aromatic amines is 1. The number of anilines is 1. The number of nitrogens with zero attached hydrogens (tertiary/aromatic N) is 3. The quantitative estimate of drug-likeness (QED) is 0.870. The highest BCUT2D eigenvalue weighted by Gasteiger charge is 2.27. The van der Waals surface area contributed by atoms with Crippen LogP contribution in [0.15, 0.2) is 36.8 Å². The molecule has 1 unspecified atom stereocenters. The van der Waals surface area contributed by atoms with E-state index in [1.54, 1.807) is 12.5 Å². The van der Waals surface area contributed by atoms with Gasteiger partial charge in [-0.2, -0.15) is 5.26 Å². The summed E-state index contributed by atoms with van der Waals surface area (Å²) in [6, 6.07) is 9.67. The number of rotatable bonds is 2. The van der Waals surface area contributed by atoms with Crippen molar-refractivity contribution in [3.05, 3.63) is 42.5 Å². The third kappa shape index (κ3) is 1.68. The zero-order chi connectivity index (χ0) is 12.4. The molecule has 0 saturated carbocycles. The molecule has 2 aromatic rings. The number of nitrogens with one attached hydrogen (secondary N) is 1. The van der Waals surface area contributed by atoms with Crippen LogP contribution in [0.3, 0.4) is 0 Å². The summed E-state index contributed by atoms with van der Waals surface area (Å²) in [7, 11) is 0. The van der Waals surface area contributed by atoms with Crippen LogP contribution in [0, 0.1) is 11.3 Å². The smallest absolute Gasteiger partial charge is 0.161 e. The summed E-state index contributed by atoms with van der Waals surface area (Å²) in [5.74, 6) is 0.819. The lowest BCUT2D eigenvalue weighted by Gasteiger charge is -2.33. The molecule has 0 radical (unpaired) electrons. The molecule has 2 heterocycles. The summed E-state index contributed by atoms with van der Waals surface area (Å²) < 4.78 is 5.59. The lowest BCUT2D eigenvalue weighted by Crippen LogP contribution is -2.35. The number of hydrogen-bond acceptors (Lipinski definition) is 4. The van der Waals surface area contributed by atoms with Crippen LogP contribution in [0.5, 0.6) is 5.75 Å². The molecule has 1 N–H and O–H groups in total. The summed E-state index contributed by atoms with van der Waals surface area (Å²) in [6.07, 6.45) is 3.35. The Hall–Kier alpha value is -2.48. The number of nitriles is 1. The van der Waals surface area contributed by atoms with Gasteiger partial charge in [0.2, 0.25) is 0 Å². The van der Waals surface area contributed by atoms with Crippen LogP contribution in [0.2, 0.25) is 0 Å². The van der Waals surface area contributed by atoms with E-state index < -0.39 is 0 Å². The predicted octanol–water partition coefficient (Wildman–Crippen LogP) is 1.87. The van der Waals surface area contributed by atoms with Gasteiger partial charge in [-0.1, -0.05) is 12.1 Å². The minimum absolute atomic E-state index is 0.388. The van der Waals surface area contributed by atoms with Crippen LogP contribution in [-0.4, -0.2) is 23.1 Å². The van der Waals surface area contributed by atoms with Crippen molar-refractivity contribution in [2.45, 2.75) is 6.04 Å². The second-order valence-corrected chi connectivity index (χ2v) is 4.04. The zero-order valence-electron chi connectivity index (χ0n) is 9.71. The molecule has 3 rings (SSSR count). The Bertz CT molecular complexity index is 573. The van der Waals surface area contributed by atoms with E-state index in [1.165, 1.54) is 0 Å². The number of imidazole rings is 1. The molecule has 0 aliphatic carbocycles. The molecular weight excluding hydrogens is 228 g/mol. The van der Waals surface area contributed by atoms with E-state index >= 15 is 0 Å². The molecule has 1 aromatic heterocycles. The molecule has 0 spiro atoms. The molecule has 1 aliphatic rings. The number of para-hydroxylation sites is 2. The molecule has 0 fully saturated rings. The molecule has 5 nitrogen and oxygen atoms in total. The zero-order valence-corrected chi connectivity index (χ0v) is 9.71.